The zero-order valence-corrected chi connectivity index (χ0v) is 14.6. The van der Waals surface area contributed by atoms with Gasteiger partial charge in [-0.1, -0.05) is 20.3 Å². The molecule has 0 amide bonds. The molecule has 0 radical (unpaired) electrons. The molecular weight excluding hydrogens is 319 g/mol. The zero-order chi connectivity index (χ0) is 17.6. The smallest absolute Gasteiger partial charge is 0.405 e. The van der Waals surface area contributed by atoms with E-state index in [9.17, 15) is 22.2 Å². The maximum Gasteiger partial charge on any atom is 0.405 e. The normalized spacial score (nSPS) is 16.9. The SMILES string of the molecule is CCCOC(=O)[C@@H](CCC)[C@H](N[S@@](=O)C(C)(C)C)C(F)(F)F. The number of hydrogen-bond acceptors (Lipinski definition) is 3. The predicted octanol–water partition coefficient (Wildman–Crippen LogP) is 3.34. The lowest BCUT2D eigenvalue weighted by Crippen LogP contribution is -2.53. The standard InChI is InChI=1S/C14H26F3NO3S/c1-6-8-10(12(19)21-9-7-2)11(14(15,16)17)18-22(20)13(3,4)5/h10-11,18H,6-9H2,1-5H3/t10-,11-,22-/m0/s1. The Labute approximate surface area is 132 Å². The maximum absolute atomic E-state index is 13.3. The van der Waals surface area contributed by atoms with Crippen LogP contribution < -0.4 is 4.72 Å². The van der Waals surface area contributed by atoms with Crippen molar-refractivity contribution in [1.29, 1.82) is 0 Å². The Bertz CT molecular complexity index is 381. The summed E-state index contributed by atoms with van der Waals surface area (Å²) in [5, 5.41) is 0. The van der Waals surface area contributed by atoms with Crippen molar-refractivity contribution in [3.63, 3.8) is 0 Å². The van der Waals surface area contributed by atoms with E-state index in [0.29, 0.717) is 12.8 Å². The summed E-state index contributed by atoms with van der Waals surface area (Å²) in [5.41, 5.74) is 0. The molecule has 4 nitrogen and oxygen atoms in total. The fourth-order valence-electron chi connectivity index (χ4n) is 1.71. The molecule has 0 aromatic carbocycles. The number of carbonyl (C=O) groups excluding carboxylic acids is 1. The lowest BCUT2D eigenvalue weighted by Gasteiger charge is -2.30. The minimum absolute atomic E-state index is 0.0149. The number of esters is 1. The molecule has 0 aliphatic heterocycles. The second-order valence-corrected chi connectivity index (χ2v) is 8.08. The molecule has 0 heterocycles. The van der Waals surface area contributed by atoms with Crippen molar-refractivity contribution < 1.29 is 26.9 Å². The monoisotopic (exact) mass is 345 g/mol. The van der Waals surface area contributed by atoms with Crippen molar-refractivity contribution in [3.8, 4) is 0 Å². The Hall–Kier alpha value is -0.630. The highest BCUT2D eigenvalue weighted by atomic mass is 32.2. The Kier molecular flexibility index (Phi) is 8.61. The molecule has 0 unspecified atom stereocenters. The van der Waals surface area contributed by atoms with Crippen LogP contribution in [0.3, 0.4) is 0 Å². The van der Waals surface area contributed by atoms with Crippen LogP contribution in [0.15, 0.2) is 0 Å². The minimum Gasteiger partial charge on any atom is -0.465 e. The predicted molar refractivity (Wildman–Crippen MR) is 80.5 cm³/mol. The fourth-order valence-corrected chi connectivity index (χ4v) is 2.59. The molecule has 1 N–H and O–H groups in total. The van der Waals surface area contributed by atoms with Gasteiger partial charge in [-0.05, 0) is 33.6 Å². The summed E-state index contributed by atoms with van der Waals surface area (Å²) < 4.78 is 58.1. The van der Waals surface area contributed by atoms with Crippen LogP contribution in [0.2, 0.25) is 0 Å². The molecule has 0 aliphatic carbocycles. The van der Waals surface area contributed by atoms with Gasteiger partial charge in [-0.2, -0.15) is 13.2 Å². The summed E-state index contributed by atoms with van der Waals surface area (Å²) in [5.74, 6) is -2.30. The Morgan fingerprint density at radius 1 is 1.18 bits per heavy atom. The molecule has 0 fully saturated rings. The summed E-state index contributed by atoms with van der Waals surface area (Å²) >= 11 is 0. The van der Waals surface area contributed by atoms with Crippen molar-refractivity contribution >= 4 is 17.0 Å². The number of rotatable bonds is 8. The third-order valence-electron chi connectivity index (χ3n) is 2.90. The highest BCUT2D eigenvalue weighted by Crippen LogP contribution is 2.30. The highest BCUT2D eigenvalue weighted by molar-refractivity contribution is 7.84. The van der Waals surface area contributed by atoms with E-state index in [1.807, 2.05) is 0 Å². The van der Waals surface area contributed by atoms with Gasteiger partial charge in [0.15, 0.2) is 0 Å². The van der Waals surface area contributed by atoms with Crippen molar-refractivity contribution in [3.05, 3.63) is 0 Å². The molecule has 0 rings (SSSR count). The van der Waals surface area contributed by atoms with Crippen LogP contribution in [0.1, 0.15) is 53.9 Å². The van der Waals surface area contributed by atoms with Crippen LogP contribution >= 0.6 is 0 Å². The summed E-state index contributed by atoms with van der Waals surface area (Å²) in [4.78, 5) is 12.0. The van der Waals surface area contributed by atoms with Crippen LogP contribution in [0.4, 0.5) is 13.2 Å². The number of halogens is 3. The second-order valence-electron chi connectivity index (χ2n) is 6.08. The first-order valence-electron chi connectivity index (χ1n) is 7.36. The number of nitrogens with one attached hydrogen (secondary N) is 1. The maximum atomic E-state index is 13.3. The van der Waals surface area contributed by atoms with Crippen LogP contribution in [-0.2, 0) is 20.5 Å². The van der Waals surface area contributed by atoms with Crippen LogP contribution in [0.5, 0.6) is 0 Å². The Balaban J connectivity index is 5.33. The minimum atomic E-state index is -4.69. The molecule has 8 heteroatoms. The summed E-state index contributed by atoms with van der Waals surface area (Å²) in [6, 6.07) is -2.18. The average Bonchev–Trinajstić information content (AvgIpc) is 2.37. The summed E-state index contributed by atoms with van der Waals surface area (Å²) in [6.07, 6.45) is -3.75. The number of alkyl halides is 3. The average molecular weight is 345 g/mol. The van der Waals surface area contributed by atoms with E-state index >= 15 is 0 Å². The van der Waals surface area contributed by atoms with Gasteiger partial charge in [0.2, 0.25) is 0 Å². The first kappa shape index (κ1) is 21.4. The molecule has 0 aromatic rings. The largest absolute Gasteiger partial charge is 0.465 e. The zero-order valence-electron chi connectivity index (χ0n) is 13.8. The third kappa shape index (κ3) is 7.09. The number of ether oxygens (including phenoxy) is 1. The van der Waals surface area contributed by atoms with Crippen molar-refractivity contribution in [2.24, 2.45) is 5.92 Å². The Morgan fingerprint density at radius 3 is 2.09 bits per heavy atom. The van der Waals surface area contributed by atoms with Crippen LogP contribution in [-0.4, -0.2) is 33.8 Å². The van der Waals surface area contributed by atoms with E-state index in [0.717, 1.165) is 0 Å². The van der Waals surface area contributed by atoms with Crippen LogP contribution in [0.25, 0.3) is 0 Å². The van der Waals surface area contributed by atoms with Gasteiger partial charge < -0.3 is 4.74 Å². The van der Waals surface area contributed by atoms with Gasteiger partial charge in [0.1, 0.15) is 6.04 Å². The lowest BCUT2D eigenvalue weighted by atomic mass is 9.95. The molecular formula is C14H26F3NO3S. The molecule has 0 bridgehead atoms. The van der Waals surface area contributed by atoms with Crippen LogP contribution in [0, 0.1) is 5.92 Å². The molecule has 0 aromatic heterocycles. The molecule has 3 atom stereocenters. The Morgan fingerprint density at radius 2 is 1.73 bits per heavy atom. The molecule has 132 valence electrons. The number of hydrogen-bond donors (Lipinski definition) is 1. The van der Waals surface area contributed by atoms with Crippen molar-refractivity contribution in [2.45, 2.75) is 70.8 Å². The van der Waals surface area contributed by atoms with E-state index in [1.165, 1.54) is 0 Å². The van der Waals surface area contributed by atoms with Gasteiger partial charge >= 0.3 is 12.1 Å². The van der Waals surface area contributed by atoms with E-state index < -0.39 is 39.8 Å². The van der Waals surface area contributed by atoms with E-state index in [4.69, 9.17) is 4.74 Å². The quantitative estimate of drug-likeness (QED) is 0.687. The third-order valence-corrected chi connectivity index (χ3v) is 4.48. The summed E-state index contributed by atoms with van der Waals surface area (Å²) in [6.45, 7) is 8.21. The first-order chi connectivity index (χ1) is 9.95. The molecule has 0 saturated heterocycles. The van der Waals surface area contributed by atoms with E-state index in [2.05, 4.69) is 4.72 Å². The van der Waals surface area contributed by atoms with Gasteiger partial charge in [0, 0.05) is 0 Å². The van der Waals surface area contributed by atoms with Gasteiger partial charge in [0.25, 0.3) is 0 Å². The molecule has 22 heavy (non-hydrogen) atoms. The van der Waals surface area contributed by atoms with Crippen molar-refractivity contribution in [1.82, 2.24) is 4.72 Å². The molecule has 0 aliphatic rings. The topological polar surface area (TPSA) is 55.4 Å². The van der Waals surface area contributed by atoms with Gasteiger partial charge in [-0.15, -0.1) is 0 Å². The second kappa shape index (κ2) is 8.86. The van der Waals surface area contributed by atoms with Gasteiger partial charge in [0.05, 0.1) is 28.3 Å². The molecule has 0 saturated carbocycles. The van der Waals surface area contributed by atoms with Gasteiger partial charge in [-0.25, -0.2) is 8.93 Å². The fraction of sp³-hybridized carbons (Fsp3) is 0.929. The number of carbonyl (C=O) groups is 1. The molecule has 0 spiro atoms. The van der Waals surface area contributed by atoms with E-state index in [1.54, 1.807) is 34.6 Å². The summed E-state index contributed by atoms with van der Waals surface area (Å²) in [7, 11) is -1.94. The van der Waals surface area contributed by atoms with Gasteiger partial charge in [-0.3, -0.25) is 4.79 Å². The lowest BCUT2D eigenvalue weighted by molar-refractivity contribution is -0.179. The van der Waals surface area contributed by atoms with E-state index in [-0.39, 0.29) is 13.0 Å². The van der Waals surface area contributed by atoms with Crippen molar-refractivity contribution in [2.75, 3.05) is 6.61 Å². The highest BCUT2D eigenvalue weighted by Gasteiger charge is 2.49. The first-order valence-corrected chi connectivity index (χ1v) is 8.51.